The van der Waals surface area contributed by atoms with Crippen LogP contribution >= 0.6 is 0 Å². The molecule has 0 radical (unpaired) electrons. The van der Waals surface area contributed by atoms with Crippen LogP contribution in [0, 0.1) is 10.1 Å². The van der Waals surface area contributed by atoms with E-state index in [1.807, 2.05) is 0 Å². The van der Waals surface area contributed by atoms with E-state index in [1.165, 1.54) is 0 Å². The summed E-state index contributed by atoms with van der Waals surface area (Å²) >= 11 is 0. The number of benzene rings is 1. The number of halogens is 3. The molecule has 11 heteroatoms. The van der Waals surface area contributed by atoms with Gasteiger partial charge in [0.2, 0.25) is 0 Å². The number of anilines is 1. The van der Waals surface area contributed by atoms with Crippen LogP contribution in [0.1, 0.15) is 10.4 Å². The molecule has 8 nitrogen and oxygen atoms in total. The third-order valence-electron chi connectivity index (χ3n) is 2.05. The van der Waals surface area contributed by atoms with Crippen LogP contribution in [0.25, 0.3) is 0 Å². The van der Waals surface area contributed by atoms with Crippen molar-refractivity contribution in [3.8, 4) is 0 Å². The molecule has 1 rings (SSSR count). The molecule has 0 unspecified atom stereocenters. The molecule has 1 amide bonds. The van der Waals surface area contributed by atoms with Crippen molar-refractivity contribution in [3.63, 3.8) is 0 Å². The fourth-order valence-electron chi connectivity index (χ4n) is 1.23. The maximum Gasteiger partial charge on any atom is 0.422 e. The summed E-state index contributed by atoms with van der Waals surface area (Å²) in [4.78, 5) is 31.6. The van der Waals surface area contributed by atoms with Gasteiger partial charge in [-0.05, 0) is 6.07 Å². The van der Waals surface area contributed by atoms with Gasteiger partial charge >= 0.3 is 18.2 Å². The smallest absolute Gasteiger partial charge is 0.422 e. The first-order valence-corrected chi connectivity index (χ1v) is 5.12. The Morgan fingerprint density at radius 1 is 1.38 bits per heavy atom. The maximum atomic E-state index is 11.8. The number of hydrogen-bond donors (Lipinski definition) is 2. The lowest BCUT2D eigenvalue weighted by Crippen LogP contribution is -2.24. The number of nitrogens with one attached hydrogen (secondary N) is 1. The van der Waals surface area contributed by atoms with Gasteiger partial charge in [-0.2, -0.15) is 13.2 Å². The Balaban J connectivity index is 2.90. The van der Waals surface area contributed by atoms with Gasteiger partial charge in [0.1, 0.15) is 0 Å². The summed E-state index contributed by atoms with van der Waals surface area (Å²) in [6, 6.07) is 2.41. The Hall–Kier alpha value is -2.85. The highest BCUT2D eigenvalue weighted by Crippen LogP contribution is 2.23. The molecule has 1 aromatic carbocycles. The average Bonchev–Trinajstić information content (AvgIpc) is 2.35. The summed E-state index contributed by atoms with van der Waals surface area (Å²) in [7, 11) is 0. The predicted molar refractivity (Wildman–Crippen MR) is 61.1 cm³/mol. The highest BCUT2D eigenvalue weighted by atomic mass is 19.4. The van der Waals surface area contributed by atoms with Crippen molar-refractivity contribution >= 4 is 23.4 Å². The van der Waals surface area contributed by atoms with E-state index < -0.39 is 46.7 Å². The van der Waals surface area contributed by atoms with Crippen molar-refractivity contribution in [1.29, 1.82) is 0 Å². The molecule has 0 spiro atoms. The van der Waals surface area contributed by atoms with Crippen molar-refractivity contribution in [2.45, 2.75) is 6.18 Å². The predicted octanol–water partition coefficient (Wildman–Crippen LogP) is 2.40. The molecule has 0 saturated carbocycles. The van der Waals surface area contributed by atoms with Gasteiger partial charge in [-0.15, -0.1) is 0 Å². The third-order valence-corrected chi connectivity index (χ3v) is 2.05. The van der Waals surface area contributed by atoms with E-state index in [0.717, 1.165) is 12.1 Å². The number of rotatable bonds is 4. The van der Waals surface area contributed by atoms with E-state index in [0.29, 0.717) is 6.07 Å². The number of nitrogens with zero attached hydrogens (tertiary/aromatic N) is 1. The van der Waals surface area contributed by atoms with Crippen LogP contribution in [0.15, 0.2) is 18.2 Å². The standard InChI is InChI=1S/C10H7F3N2O6/c11-10(12,13)4-21-9(18)14-7-2-1-5(15(19)20)3-6(7)8(16)17/h1-3H,4H2,(H,14,18)(H,16,17). The number of nitro benzene ring substituents is 1. The molecule has 0 aliphatic rings. The molecule has 1 aromatic rings. The SMILES string of the molecule is O=C(Nc1ccc([N+](=O)[O-])cc1C(=O)O)OCC(F)(F)F. The number of non-ortho nitro benzene ring substituents is 1. The second-order valence-electron chi connectivity index (χ2n) is 3.61. The molecule has 0 aliphatic carbocycles. The Morgan fingerprint density at radius 3 is 2.48 bits per heavy atom. The lowest BCUT2D eigenvalue weighted by atomic mass is 10.1. The maximum absolute atomic E-state index is 11.8. The van der Waals surface area contributed by atoms with Crippen LogP contribution in [0.5, 0.6) is 0 Å². The monoisotopic (exact) mass is 308 g/mol. The number of carboxylic acids is 1. The molecule has 0 aliphatic heterocycles. The van der Waals surface area contributed by atoms with Gasteiger partial charge in [-0.3, -0.25) is 15.4 Å². The van der Waals surface area contributed by atoms with Crippen LogP contribution in [-0.4, -0.2) is 34.9 Å². The zero-order valence-corrected chi connectivity index (χ0v) is 10.0. The molecule has 2 N–H and O–H groups in total. The first kappa shape index (κ1) is 16.2. The minimum Gasteiger partial charge on any atom is -0.478 e. The summed E-state index contributed by atoms with van der Waals surface area (Å²) in [6.45, 7) is -1.85. The number of aromatic carboxylic acids is 1. The van der Waals surface area contributed by atoms with E-state index in [1.54, 1.807) is 5.32 Å². The first-order valence-electron chi connectivity index (χ1n) is 5.12. The third kappa shape index (κ3) is 4.97. The number of ether oxygens (including phenoxy) is 1. The molecule has 21 heavy (non-hydrogen) atoms. The minimum absolute atomic E-state index is 0.430. The summed E-state index contributed by atoms with van der Waals surface area (Å²) in [5, 5.41) is 21.1. The molecule has 0 aromatic heterocycles. The van der Waals surface area contributed by atoms with Crippen LogP contribution in [0.3, 0.4) is 0 Å². The quantitative estimate of drug-likeness (QED) is 0.651. The van der Waals surface area contributed by atoms with Crippen molar-refractivity contribution in [3.05, 3.63) is 33.9 Å². The Morgan fingerprint density at radius 2 is 2.00 bits per heavy atom. The topological polar surface area (TPSA) is 119 Å². The zero-order valence-electron chi connectivity index (χ0n) is 10.0. The Bertz CT molecular complexity index is 587. The van der Waals surface area contributed by atoms with E-state index in [9.17, 15) is 32.9 Å². The first-order chi connectivity index (χ1) is 9.60. The van der Waals surface area contributed by atoms with Gasteiger partial charge in [0, 0.05) is 12.1 Å². The van der Waals surface area contributed by atoms with Gasteiger partial charge in [0.15, 0.2) is 6.61 Å². The summed E-state index contributed by atoms with van der Waals surface area (Å²) in [5.74, 6) is -1.61. The summed E-state index contributed by atoms with van der Waals surface area (Å²) in [6.07, 6.45) is -6.27. The number of carboxylic acid groups (broad SMARTS) is 1. The van der Waals surface area contributed by atoms with E-state index >= 15 is 0 Å². The van der Waals surface area contributed by atoms with Crippen LogP contribution in [-0.2, 0) is 4.74 Å². The van der Waals surface area contributed by atoms with Gasteiger partial charge in [-0.1, -0.05) is 0 Å². The number of hydrogen-bond acceptors (Lipinski definition) is 5. The van der Waals surface area contributed by atoms with Crippen LogP contribution < -0.4 is 5.32 Å². The molecular weight excluding hydrogens is 301 g/mol. The summed E-state index contributed by atoms with van der Waals surface area (Å²) < 4.78 is 39.3. The number of carbonyl (C=O) groups excluding carboxylic acids is 1. The van der Waals surface area contributed by atoms with Crippen molar-refractivity contribution in [1.82, 2.24) is 0 Å². The molecule has 0 heterocycles. The zero-order chi connectivity index (χ0) is 16.2. The fourth-order valence-corrected chi connectivity index (χ4v) is 1.23. The van der Waals surface area contributed by atoms with Gasteiger partial charge in [0.05, 0.1) is 16.2 Å². The normalized spacial score (nSPS) is 10.8. The molecule has 0 bridgehead atoms. The highest BCUT2D eigenvalue weighted by molar-refractivity contribution is 5.99. The van der Waals surface area contributed by atoms with Gasteiger partial charge in [0.25, 0.3) is 5.69 Å². The highest BCUT2D eigenvalue weighted by Gasteiger charge is 2.30. The van der Waals surface area contributed by atoms with E-state index in [2.05, 4.69) is 4.74 Å². The molecule has 114 valence electrons. The lowest BCUT2D eigenvalue weighted by Gasteiger charge is -2.10. The van der Waals surface area contributed by atoms with Crippen LogP contribution in [0.4, 0.5) is 29.3 Å². The minimum atomic E-state index is -4.73. The Kier molecular flexibility index (Phi) is 4.68. The van der Waals surface area contributed by atoms with Crippen LogP contribution in [0.2, 0.25) is 0 Å². The van der Waals surface area contributed by atoms with Crippen molar-refractivity contribution in [2.75, 3.05) is 11.9 Å². The molecule has 0 atom stereocenters. The molecule has 0 fully saturated rings. The van der Waals surface area contributed by atoms with Crippen molar-refractivity contribution in [2.24, 2.45) is 0 Å². The largest absolute Gasteiger partial charge is 0.478 e. The summed E-state index contributed by atoms with van der Waals surface area (Å²) in [5.41, 5.74) is -1.64. The van der Waals surface area contributed by atoms with Crippen molar-refractivity contribution < 1.29 is 37.5 Å². The number of carbonyl (C=O) groups is 2. The van der Waals surface area contributed by atoms with Gasteiger partial charge < -0.3 is 9.84 Å². The Labute approximate surface area is 114 Å². The van der Waals surface area contributed by atoms with Gasteiger partial charge in [-0.25, -0.2) is 9.59 Å². The molecular formula is C10H7F3N2O6. The number of alkyl halides is 3. The van der Waals surface area contributed by atoms with E-state index in [-0.39, 0.29) is 0 Å². The second kappa shape index (κ2) is 6.07. The fraction of sp³-hybridized carbons (Fsp3) is 0.200. The van der Waals surface area contributed by atoms with E-state index in [4.69, 9.17) is 5.11 Å². The number of nitro groups is 1. The second-order valence-corrected chi connectivity index (χ2v) is 3.61. The lowest BCUT2D eigenvalue weighted by molar-refractivity contribution is -0.384. The molecule has 0 saturated heterocycles. The number of amides is 1. The average molecular weight is 308 g/mol.